The Bertz CT molecular complexity index is 1130. The normalized spacial score (nSPS) is 18.5. The van der Waals surface area contributed by atoms with Crippen molar-refractivity contribution >= 4 is 28.6 Å². The SMILES string of the molecule is COc1ccc2nccc(CCCC3CCN(CCCSc4ccn(C)c4)CC3CCC(=O)O)c2c1. The van der Waals surface area contributed by atoms with E-state index in [-0.39, 0.29) is 6.42 Å². The highest BCUT2D eigenvalue weighted by Gasteiger charge is 2.29. The molecule has 0 spiro atoms. The molecular weight excluding hydrogens is 470 g/mol. The molecule has 194 valence electrons. The number of aromatic nitrogens is 2. The first-order valence-corrected chi connectivity index (χ1v) is 14.1. The number of carbonyl (C=O) groups is 1. The van der Waals surface area contributed by atoms with Crippen LogP contribution in [-0.2, 0) is 18.3 Å². The number of nitrogens with zero attached hydrogens (tertiary/aromatic N) is 3. The number of pyridine rings is 1. The summed E-state index contributed by atoms with van der Waals surface area (Å²) in [6.45, 7) is 3.25. The fourth-order valence-corrected chi connectivity index (χ4v) is 6.41. The molecule has 4 rings (SSSR count). The van der Waals surface area contributed by atoms with Crippen LogP contribution in [0.2, 0.25) is 0 Å². The molecule has 7 heteroatoms. The van der Waals surface area contributed by atoms with Crippen LogP contribution in [0.25, 0.3) is 10.9 Å². The molecule has 1 saturated heterocycles. The second-order valence-corrected chi connectivity index (χ2v) is 11.2. The van der Waals surface area contributed by atoms with Gasteiger partial charge in [-0.05, 0) is 105 Å². The molecule has 0 radical (unpaired) electrons. The van der Waals surface area contributed by atoms with Crippen LogP contribution in [0.1, 0.15) is 44.1 Å². The Morgan fingerprint density at radius 3 is 2.86 bits per heavy atom. The summed E-state index contributed by atoms with van der Waals surface area (Å²) < 4.78 is 7.51. The van der Waals surface area contributed by atoms with Gasteiger partial charge >= 0.3 is 5.97 Å². The monoisotopic (exact) mass is 509 g/mol. The third kappa shape index (κ3) is 7.50. The predicted molar refractivity (Wildman–Crippen MR) is 147 cm³/mol. The summed E-state index contributed by atoms with van der Waals surface area (Å²) in [7, 11) is 3.75. The molecular formula is C29H39N3O3S. The van der Waals surface area contributed by atoms with Crippen molar-refractivity contribution in [1.29, 1.82) is 0 Å². The number of fused-ring (bicyclic) bond motifs is 1. The number of methoxy groups -OCH3 is 1. The maximum Gasteiger partial charge on any atom is 0.303 e. The first-order valence-electron chi connectivity index (χ1n) is 13.1. The Morgan fingerprint density at radius 2 is 2.08 bits per heavy atom. The average molecular weight is 510 g/mol. The summed E-state index contributed by atoms with van der Waals surface area (Å²) in [5.74, 6) is 2.37. The van der Waals surface area contributed by atoms with E-state index in [0.29, 0.717) is 11.8 Å². The number of aliphatic carboxylic acids is 1. The molecule has 0 saturated carbocycles. The lowest BCUT2D eigenvalue weighted by molar-refractivity contribution is -0.137. The molecule has 0 amide bonds. The number of rotatable bonds is 13. The van der Waals surface area contributed by atoms with Crippen molar-refractivity contribution in [2.24, 2.45) is 18.9 Å². The summed E-state index contributed by atoms with van der Waals surface area (Å²) in [5.41, 5.74) is 2.32. The van der Waals surface area contributed by atoms with Crippen molar-refractivity contribution < 1.29 is 14.6 Å². The smallest absolute Gasteiger partial charge is 0.303 e. The van der Waals surface area contributed by atoms with Crippen molar-refractivity contribution in [1.82, 2.24) is 14.5 Å². The number of carboxylic acid groups (broad SMARTS) is 1. The molecule has 2 atom stereocenters. The highest BCUT2D eigenvalue weighted by molar-refractivity contribution is 7.99. The van der Waals surface area contributed by atoms with Gasteiger partial charge in [0.2, 0.25) is 0 Å². The molecule has 36 heavy (non-hydrogen) atoms. The molecule has 3 heterocycles. The zero-order valence-corrected chi connectivity index (χ0v) is 22.4. The Labute approximate surface area is 219 Å². The van der Waals surface area contributed by atoms with E-state index in [9.17, 15) is 9.90 Å². The predicted octanol–water partition coefficient (Wildman–Crippen LogP) is 5.89. The number of thioether (sulfide) groups is 1. The maximum absolute atomic E-state index is 11.3. The zero-order chi connectivity index (χ0) is 25.3. The van der Waals surface area contributed by atoms with Gasteiger partial charge in [-0.15, -0.1) is 11.8 Å². The van der Waals surface area contributed by atoms with Gasteiger partial charge in [-0.1, -0.05) is 0 Å². The van der Waals surface area contributed by atoms with Gasteiger partial charge in [0.05, 0.1) is 12.6 Å². The Morgan fingerprint density at radius 1 is 1.19 bits per heavy atom. The minimum Gasteiger partial charge on any atom is -0.497 e. The molecule has 2 aromatic heterocycles. The van der Waals surface area contributed by atoms with Crippen LogP contribution >= 0.6 is 11.8 Å². The van der Waals surface area contributed by atoms with Crippen molar-refractivity contribution in [3.63, 3.8) is 0 Å². The van der Waals surface area contributed by atoms with Crippen LogP contribution in [0.5, 0.6) is 5.75 Å². The lowest BCUT2D eigenvalue weighted by Gasteiger charge is -2.39. The highest BCUT2D eigenvalue weighted by Crippen LogP contribution is 2.32. The van der Waals surface area contributed by atoms with Gasteiger partial charge < -0.3 is 19.3 Å². The lowest BCUT2D eigenvalue weighted by Crippen LogP contribution is -2.41. The topological polar surface area (TPSA) is 67.6 Å². The fraction of sp³-hybridized carbons (Fsp3) is 0.517. The number of benzene rings is 1. The van der Waals surface area contributed by atoms with Crippen molar-refractivity contribution in [2.75, 3.05) is 32.5 Å². The number of likely N-dealkylation sites (tertiary alicyclic amines) is 1. The molecule has 1 aromatic carbocycles. The molecule has 1 aliphatic rings. The number of aryl methyl sites for hydroxylation is 2. The van der Waals surface area contributed by atoms with Gasteiger partial charge in [-0.25, -0.2) is 0 Å². The molecule has 6 nitrogen and oxygen atoms in total. The van der Waals surface area contributed by atoms with Gasteiger partial charge in [0.1, 0.15) is 5.75 Å². The van der Waals surface area contributed by atoms with Crippen molar-refractivity contribution in [2.45, 2.75) is 49.8 Å². The minimum atomic E-state index is -0.678. The number of carboxylic acids is 1. The van der Waals surface area contributed by atoms with E-state index >= 15 is 0 Å². The Kier molecular flexibility index (Phi) is 9.70. The van der Waals surface area contributed by atoms with E-state index in [1.807, 2.05) is 30.1 Å². The molecule has 3 aromatic rings. The maximum atomic E-state index is 11.3. The van der Waals surface area contributed by atoms with Gasteiger partial charge in [0, 0.05) is 48.9 Å². The van der Waals surface area contributed by atoms with Gasteiger partial charge in [-0.3, -0.25) is 9.78 Å². The Hall–Kier alpha value is -2.51. The number of piperidine rings is 1. The summed E-state index contributed by atoms with van der Waals surface area (Å²) in [5, 5.41) is 10.5. The first-order chi connectivity index (χ1) is 17.5. The van der Waals surface area contributed by atoms with Crippen LogP contribution < -0.4 is 4.74 Å². The number of hydrogen-bond donors (Lipinski definition) is 1. The quantitative estimate of drug-likeness (QED) is 0.229. The van der Waals surface area contributed by atoms with Crippen LogP contribution in [0.4, 0.5) is 0 Å². The molecule has 0 aliphatic carbocycles. The minimum absolute atomic E-state index is 0.271. The van der Waals surface area contributed by atoms with Crippen LogP contribution in [-0.4, -0.2) is 58.0 Å². The van der Waals surface area contributed by atoms with Crippen LogP contribution in [0, 0.1) is 11.8 Å². The molecule has 1 fully saturated rings. The number of ether oxygens (including phenoxy) is 1. The van der Waals surface area contributed by atoms with Crippen LogP contribution in [0.15, 0.2) is 53.8 Å². The largest absolute Gasteiger partial charge is 0.497 e. The summed E-state index contributed by atoms with van der Waals surface area (Å²) >= 11 is 1.92. The molecule has 0 bridgehead atoms. The summed E-state index contributed by atoms with van der Waals surface area (Å²) in [4.78, 5) is 19.7. The van der Waals surface area contributed by atoms with Crippen molar-refractivity contribution in [3.05, 3.63) is 54.5 Å². The number of hydrogen-bond acceptors (Lipinski definition) is 5. The van der Waals surface area contributed by atoms with E-state index in [4.69, 9.17) is 4.74 Å². The van der Waals surface area contributed by atoms with E-state index in [2.05, 4.69) is 52.1 Å². The second kappa shape index (κ2) is 13.2. The lowest BCUT2D eigenvalue weighted by atomic mass is 9.79. The fourth-order valence-electron chi connectivity index (χ4n) is 5.50. The first kappa shape index (κ1) is 26.6. The summed E-state index contributed by atoms with van der Waals surface area (Å²) in [6.07, 6.45) is 12.8. The summed E-state index contributed by atoms with van der Waals surface area (Å²) in [6, 6.07) is 10.4. The van der Waals surface area contributed by atoms with E-state index in [1.165, 1.54) is 22.3 Å². The highest BCUT2D eigenvalue weighted by atomic mass is 32.2. The standard InChI is InChI=1S/C29H39N3O3S/c1-31-16-13-26(21-31)36-18-4-15-32-17-12-22(24(20-32)7-10-29(33)34)5-3-6-23-11-14-30-28-9-8-25(35-2)19-27(23)28/h8-9,11,13-14,16,19,21-22,24H,3-7,10,12,15,17-18,20H2,1-2H3,(H,33,34). The van der Waals surface area contributed by atoms with E-state index in [1.54, 1.807) is 7.11 Å². The van der Waals surface area contributed by atoms with Gasteiger partial charge in [0.15, 0.2) is 0 Å². The van der Waals surface area contributed by atoms with Gasteiger partial charge in [0.25, 0.3) is 0 Å². The molecule has 1 aliphatic heterocycles. The Balaban J connectivity index is 1.28. The molecule has 1 N–H and O–H groups in total. The zero-order valence-electron chi connectivity index (χ0n) is 21.6. The van der Waals surface area contributed by atoms with E-state index in [0.717, 1.165) is 68.8 Å². The van der Waals surface area contributed by atoms with Gasteiger partial charge in [-0.2, -0.15) is 0 Å². The average Bonchev–Trinajstić information content (AvgIpc) is 3.30. The second-order valence-electron chi connectivity index (χ2n) is 10.0. The van der Waals surface area contributed by atoms with E-state index < -0.39 is 5.97 Å². The molecule has 2 unspecified atom stereocenters. The van der Waals surface area contributed by atoms with Crippen molar-refractivity contribution in [3.8, 4) is 5.75 Å². The van der Waals surface area contributed by atoms with Crippen LogP contribution in [0.3, 0.4) is 0 Å². The third-order valence-electron chi connectivity index (χ3n) is 7.46. The third-order valence-corrected chi connectivity index (χ3v) is 8.52.